The fourth-order valence-corrected chi connectivity index (χ4v) is 3.79. The van der Waals surface area contributed by atoms with E-state index >= 15 is 0 Å². The molecule has 0 N–H and O–H groups in total. The van der Waals surface area contributed by atoms with Crippen LogP contribution in [0.4, 0.5) is 14.6 Å². The predicted molar refractivity (Wildman–Crippen MR) is 117 cm³/mol. The van der Waals surface area contributed by atoms with Crippen LogP contribution in [-0.2, 0) is 15.6 Å². The molecule has 9 nitrogen and oxygen atoms in total. The van der Waals surface area contributed by atoms with Crippen molar-refractivity contribution < 1.29 is 21.7 Å². The molecule has 0 amide bonds. The molecule has 0 atom stereocenters. The highest BCUT2D eigenvalue weighted by Gasteiger charge is 2.20. The smallest absolute Gasteiger partial charge is 0.234 e. The Bertz CT molecular complexity index is 1380. The van der Waals surface area contributed by atoms with Crippen molar-refractivity contribution in [3.8, 4) is 22.9 Å². The van der Waals surface area contributed by atoms with E-state index in [0.717, 1.165) is 6.20 Å². The number of rotatable bonds is 8. The number of anilines is 1. The lowest BCUT2D eigenvalue weighted by atomic mass is 10.2. The highest BCUT2D eigenvalue weighted by atomic mass is 35.7. The van der Waals surface area contributed by atoms with Gasteiger partial charge in [-0.1, -0.05) is 23.4 Å². The van der Waals surface area contributed by atoms with Gasteiger partial charge in [-0.15, -0.1) is 0 Å². The van der Waals surface area contributed by atoms with Crippen molar-refractivity contribution >= 4 is 25.6 Å². The molecule has 4 rings (SSSR count). The molecule has 33 heavy (non-hydrogen) atoms. The Morgan fingerprint density at radius 2 is 1.94 bits per heavy atom. The van der Waals surface area contributed by atoms with Crippen molar-refractivity contribution in [2.45, 2.75) is 6.54 Å². The van der Waals surface area contributed by atoms with Crippen LogP contribution in [0.1, 0.15) is 5.56 Å². The Morgan fingerprint density at radius 1 is 1.15 bits per heavy atom. The minimum atomic E-state index is -3.76. The Kier molecular flexibility index (Phi) is 6.38. The monoisotopic (exact) mass is 494 g/mol. The molecule has 0 spiro atoms. The molecule has 0 aliphatic rings. The van der Waals surface area contributed by atoms with Crippen molar-refractivity contribution in [1.82, 2.24) is 24.9 Å². The van der Waals surface area contributed by atoms with E-state index in [-0.39, 0.29) is 30.4 Å². The van der Waals surface area contributed by atoms with Gasteiger partial charge in [0.25, 0.3) is 0 Å². The quantitative estimate of drug-likeness (QED) is 0.343. The average molecular weight is 495 g/mol. The van der Waals surface area contributed by atoms with Crippen LogP contribution in [0.15, 0.2) is 53.4 Å². The summed E-state index contributed by atoms with van der Waals surface area (Å²) >= 11 is 0. The van der Waals surface area contributed by atoms with Gasteiger partial charge in [-0.3, -0.25) is 4.68 Å². The van der Waals surface area contributed by atoms with Gasteiger partial charge in [-0.25, -0.2) is 27.2 Å². The van der Waals surface area contributed by atoms with Gasteiger partial charge in [0.1, 0.15) is 23.5 Å². The number of hydrogen-bond acceptors (Lipinski definition) is 8. The maximum atomic E-state index is 14.4. The first-order valence-electron chi connectivity index (χ1n) is 9.59. The number of aromatic nitrogens is 5. The first kappa shape index (κ1) is 22.8. The fraction of sp³-hybridized carbons (Fsp3) is 0.200. The molecule has 1 aromatic carbocycles. The average Bonchev–Trinajstić information content (AvgIpc) is 3.43. The van der Waals surface area contributed by atoms with Gasteiger partial charge in [0.05, 0.1) is 24.2 Å². The summed E-state index contributed by atoms with van der Waals surface area (Å²) in [4.78, 5) is 9.54. The van der Waals surface area contributed by atoms with E-state index in [1.54, 1.807) is 30.3 Å². The fourth-order valence-electron chi connectivity index (χ4n) is 3.09. The Balaban J connectivity index is 1.71. The minimum absolute atomic E-state index is 0.0783. The summed E-state index contributed by atoms with van der Waals surface area (Å²) in [5.74, 6) is -1.55. The second-order valence-electron chi connectivity index (χ2n) is 7.08. The summed E-state index contributed by atoms with van der Waals surface area (Å²) in [5.41, 5.74) is 1.65. The topological polar surface area (TPSA) is 107 Å². The molecule has 0 aliphatic carbocycles. The van der Waals surface area contributed by atoms with E-state index in [1.165, 1.54) is 29.0 Å². The maximum absolute atomic E-state index is 14.4. The zero-order chi connectivity index (χ0) is 23.6. The summed E-state index contributed by atoms with van der Waals surface area (Å²) < 4.78 is 57.5. The van der Waals surface area contributed by atoms with Crippen molar-refractivity contribution in [3.63, 3.8) is 0 Å². The third kappa shape index (κ3) is 5.34. The third-order valence-electron chi connectivity index (χ3n) is 4.74. The van der Waals surface area contributed by atoms with E-state index in [4.69, 9.17) is 15.2 Å². The Hall–Kier alpha value is -3.38. The molecule has 3 aromatic heterocycles. The first-order chi connectivity index (χ1) is 15.7. The summed E-state index contributed by atoms with van der Waals surface area (Å²) in [5, 5.41) is 8.39. The summed E-state index contributed by atoms with van der Waals surface area (Å²) in [6.07, 6.45) is 2.36. The van der Waals surface area contributed by atoms with Gasteiger partial charge in [-0.05, 0) is 12.1 Å². The van der Waals surface area contributed by atoms with Crippen LogP contribution in [0.5, 0.6) is 0 Å². The Labute approximate surface area is 192 Å². The van der Waals surface area contributed by atoms with E-state index < -0.39 is 26.4 Å². The number of hydrogen-bond donors (Lipinski definition) is 0. The lowest BCUT2D eigenvalue weighted by molar-refractivity contribution is 0.421. The second kappa shape index (κ2) is 9.24. The molecule has 0 saturated carbocycles. The molecule has 3 heterocycles. The molecule has 0 saturated heterocycles. The molecule has 0 radical (unpaired) electrons. The molecule has 0 fully saturated rings. The molecule has 0 aliphatic heterocycles. The van der Waals surface area contributed by atoms with Crippen LogP contribution in [0, 0.1) is 11.6 Å². The van der Waals surface area contributed by atoms with E-state index in [1.807, 2.05) is 0 Å². The largest absolute Gasteiger partial charge is 0.364 e. The molecular formula is C20H17ClF2N6O3S. The molecule has 0 bridgehead atoms. The molecule has 4 aromatic rings. The van der Waals surface area contributed by atoms with Crippen molar-refractivity contribution in [3.05, 3.63) is 66.1 Å². The maximum Gasteiger partial charge on any atom is 0.234 e. The second-order valence-corrected chi connectivity index (χ2v) is 9.97. The van der Waals surface area contributed by atoms with Crippen LogP contribution < -0.4 is 4.90 Å². The Morgan fingerprint density at radius 3 is 2.64 bits per heavy atom. The lowest BCUT2D eigenvalue weighted by Crippen LogP contribution is -2.25. The van der Waals surface area contributed by atoms with Gasteiger partial charge in [-0.2, -0.15) is 5.10 Å². The van der Waals surface area contributed by atoms with Crippen LogP contribution in [0.25, 0.3) is 22.9 Å². The number of nitrogens with zero attached hydrogens (tertiary/aromatic N) is 6. The summed E-state index contributed by atoms with van der Waals surface area (Å²) in [6, 6.07) is 9.53. The number of benzene rings is 1. The van der Waals surface area contributed by atoms with Gasteiger partial charge in [0, 0.05) is 35.9 Å². The molecular weight excluding hydrogens is 478 g/mol. The van der Waals surface area contributed by atoms with Gasteiger partial charge >= 0.3 is 0 Å². The van der Waals surface area contributed by atoms with Gasteiger partial charge in [0.2, 0.25) is 9.05 Å². The molecule has 13 heteroatoms. The standard InChI is InChI=1S/C20H17ClF2N6O3S/c1-28(7-9-33(21,30)31)20-15(23)11-24-19(25-20)17-10-18(16-6-8-32-27-16)29(26-17)12-13-4-2-3-5-14(13)22/h2-6,8,10-11H,7,9,12H2,1H3. The van der Waals surface area contributed by atoms with E-state index in [0.29, 0.717) is 17.0 Å². The zero-order valence-electron chi connectivity index (χ0n) is 17.2. The normalized spacial score (nSPS) is 11.6. The molecule has 0 unspecified atom stereocenters. The lowest BCUT2D eigenvalue weighted by Gasteiger charge is -2.17. The van der Waals surface area contributed by atoms with E-state index in [9.17, 15) is 17.2 Å². The van der Waals surface area contributed by atoms with Crippen molar-refractivity contribution in [2.75, 3.05) is 24.2 Å². The summed E-state index contributed by atoms with van der Waals surface area (Å²) in [6.45, 7) is 0.0154. The number of halogens is 3. The van der Waals surface area contributed by atoms with E-state index in [2.05, 4.69) is 20.2 Å². The first-order valence-corrected chi connectivity index (χ1v) is 12.1. The highest BCUT2D eigenvalue weighted by Crippen LogP contribution is 2.26. The van der Waals surface area contributed by atoms with Crippen molar-refractivity contribution in [1.29, 1.82) is 0 Å². The highest BCUT2D eigenvalue weighted by molar-refractivity contribution is 8.13. The van der Waals surface area contributed by atoms with Crippen molar-refractivity contribution in [2.24, 2.45) is 0 Å². The van der Waals surface area contributed by atoms with Gasteiger partial charge < -0.3 is 9.42 Å². The minimum Gasteiger partial charge on any atom is -0.364 e. The summed E-state index contributed by atoms with van der Waals surface area (Å²) in [7, 11) is 2.96. The van der Waals surface area contributed by atoms with Crippen LogP contribution >= 0.6 is 10.7 Å². The van der Waals surface area contributed by atoms with Crippen LogP contribution in [-0.4, -0.2) is 52.7 Å². The molecule has 172 valence electrons. The van der Waals surface area contributed by atoms with Crippen LogP contribution in [0.2, 0.25) is 0 Å². The zero-order valence-corrected chi connectivity index (χ0v) is 18.8. The third-order valence-corrected chi connectivity index (χ3v) is 5.88. The van der Waals surface area contributed by atoms with Crippen LogP contribution in [0.3, 0.4) is 0 Å². The van der Waals surface area contributed by atoms with Gasteiger partial charge in [0.15, 0.2) is 17.5 Å². The predicted octanol–water partition coefficient (Wildman–Crippen LogP) is 3.33. The SMILES string of the molecule is CN(CCS(=O)(=O)Cl)c1nc(-c2cc(-c3ccon3)n(Cc3ccccc3F)n2)ncc1F.